The molecule has 1 aromatic carbocycles. The standard InChI is InChI=1S/C18H28N2O.ClH/c1-13-8-7-9-14(2)20(12-13)18(21)15(3)17(19)16-10-5-4-6-11-16;/h4-6,10-11,13-15,17H,7-9,12,19H2,1-3H3;1H. The van der Waals surface area contributed by atoms with Crippen LogP contribution in [0.4, 0.5) is 0 Å². The summed E-state index contributed by atoms with van der Waals surface area (Å²) in [4.78, 5) is 14.9. The van der Waals surface area contributed by atoms with Gasteiger partial charge in [-0.15, -0.1) is 12.4 Å². The van der Waals surface area contributed by atoms with Gasteiger partial charge in [0.25, 0.3) is 0 Å². The Bertz CT molecular complexity index is 465. The van der Waals surface area contributed by atoms with E-state index in [2.05, 4.69) is 18.7 Å². The smallest absolute Gasteiger partial charge is 0.227 e. The number of nitrogens with zero attached hydrogens (tertiary/aromatic N) is 1. The van der Waals surface area contributed by atoms with Gasteiger partial charge in [0.05, 0.1) is 5.92 Å². The van der Waals surface area contributed by atoms with E-state index in [1.807, 2.05) is 37.3 Å². The molecule has 0 aromatic heterocycles. The van der Waals surface area contributed by atoms with Crippen molar-refractivity contribution in [3.05, 3.63) is 35.9 Å². The molecule has 1 fully saturated rings. The van der Waals surface area contributed by atoms with Crippen molar-refractivity contribution in [3.63, 3.8) is 0 Å². The van der Waals surface area contributed by atoms with Gasteiger partial charge in [0.1, 0.15) is 0 Å². The molecular formula is C18H29ClN2O. The van der Waals surface area contributed by atoms with Crippen LogP contribution in [-0.2, 0) is 4.79 Å². The van der Waals surface area contributed by atoms with E-state index >= 15 is 0 Å². The van der Waals surface area contributed by atoms with Crippen molar-refractivity contribution in [1.82, 2.24) is 4.90 Å². The third-order valence-corrected chi connectivity index (χ3v) is 4.76. The maximum atomic E-state index is 12.9. The fourth-order valence-electron chi connectivity index (χ4n) is 3.21. The Morgan fingerprint density at radius 3 is 2.50 bits per heavy atom. The highest BCUT2D eigenvalue weighted by Crippen LogP contribution is 2.26. The summed E-state index contributed by atoms with van der Waals surface area (Å²) in [5.74, 6) is 0.604. The molecule has 1 aliphatic heterocycles. The van der Waals surface area contributed by atoms with Crippen molar-refractivity contribution in [1.29, 1.82) is 0 Å². The summed E-state index contributed by atoms with van der Waals surface area (Å²) in [5, 5.41) is 0. The molecule has 124 valence electrons. The Morgan fingerprint density at radius 1 is 1.23 bits per heavy atom. The van der Waals surface area contributed by atoms with Gasteiger partial charge >= 0.3 is 0 Å². The lowest BCUT2D eigenvalue weighted by Gasteiger charge is -2.33. The first-order chi connectivity index (χ1) is 10.0. The van der Waals surface area contributed by atoms with Crippen molar-refractivity contribution in [2.75, 3.05) is 6.54 Å². The molecule has 0 saturated carbocycles. The highest BCUT2D eigenvalue weighted by Gasteiger charge is 2.31. The van der Waals surface area contributed by atoms with Crippen LogP contribution in [0.5, 0.6) is 0 Å². The molecule has 22 heavy (non-hydrogen) atoms. The molecule has 0 spiro atoms. The Labute approximate surface area is 140 Å². The van der Waals surface area contributed by atoms with Crippen LogP contribution in [0.3, 0.4) is 0 Å². The van der Waals surface area contributed by atoms with Crippen molar-refractivity contribution >= 4 is 18.3 Å². The molecule has 0 radical (unpaired) electrons. The van der Waals surface area contributed by atoms with Crippen molar-refractivity contribution in [3.8, 4) is 0 Å². The molecule has 1 aliphatic rings. The molecule has 0 aliphatic carbocycles. The monoisotopic (exact) mass is 324 g/mol. The van der Waals surface area contributed by atoms with Gasteiger partial charge in [0.2, 0.25) is 5.91 Å². The Hall–Kier alpha value is -1.06. The molecule has 2 N–H and O–H groups in total. The minimum Gasteiger partial charge on any atom is -0.339 e. The first kappa shape index (κ1) is 19.0. The lowest BCUT2D eigenvalue weighted by atomic mass is 9.93. The number of hydrogen-bond acceptors (Lipinski definition) is 2. The number of benzene rings is 1. The van der Waals surface area contributed by atoms with E-state index in [0.717, 1.165) is 18.5 Å². The summed E-state index contributed by atoms with van der Waals surface area (Å²) in [7, 11) is 0. The Kier molecular flexibility index (Phi) is 7.37. The van der Waals surface area contributed by atoms with E-state index in [9.17, 15) is 4.79 Å². The van der Waals surface area contributed by atoms with Crippen molar-refractivity contribution < 1.29 is 4.79 Å². The highest BCUT2D eigenvalue weighted by molar-refractivity contribution is 5.85. The predicted octanol–water partition coefficient (Wildman–Crippen LogP) is 3.78. The van der Waals surface area contributed by atoms with Crippen LogP contribution >= 0.6 is 12.4 Å². The van der Waals surface area contributed by atoms with Gasteiger partial charge in [-0.1, -0.05) is 50.6 Å². The zero-order valence-electron chi connectivity index (χ0n) is 13.9. The number of amides is 1. The van der Waals surface area contributed by atoms with Crippen LogP contribution < -0.4 is 5.73 Å². The normalized spacial score (nSPS) is 24.8. The third kappa shape index (κ3) is 4.47. The highest BCUT2D eigenvalue weighted by atomic mass is 35.5. The fourth-order valence-corrected chi connectivity index (χ4v) is 3.21. The average molecular weight is 325 g/mol. The van der Waals surface area contributed by atoms with E-state index < -0.39 is 0 Å². The third-order valence-electron chi connectivity index (χ3n) is 4.76. The quantitative estimate of drug-likeness (QED) is 0.919. The van der Waals surface area contributed by atoms with Crippen LogP contribution in [0, 0.1) is 11.8 Å². The summed E-state index contributed by atoms with van der Waals surface area (Å²) in [6.45, 7) is 7.23. The van der Waals surface area contributed by atoms with Gasteiger partial charge in [0.15, 0.2) is 0 Å². The van der Waals surface area contributed by atoms with E-state index in [-0.39, 0.29) is 30.3 Å². The number of rotatable bonds is 3. The number of halogens is 1. The van der Waals surface area contributed by atoms with E-state index in [4.69, 9.17) is 5.73 Å². The molecule has 2 rings (SSSR count). The lowest BCUT2D eigenvalue weighted by molar-refractivity contribution is -0.138. The van der Waals surface area contributed by atoms with Crippen LogP contribution in [0.2, 0.25) is 0 Å². The molecule has 4 atom stereocenters. The van der Waals surface area contributed by atoms with Crippen LogP contribution in [0.1, 0.15) is 51.6 Å². The zero-order valence-corrected chi connectivity index (χ0v) is 14.7. The topological polar surface area (TPSA) is 46.3 Å². The Morgan fingerprint density at radius 2 is 1.86 bits per heavy atom. The second-order valence-electron chi connectivity index (χ2n) is 6.60. The molecule has 1 amide bonds. The maximum Gasteiger partial charge on any atom is 0.227 e. The number of hydrogen-bond donors (Lipinski definition) is 1. The summed E-state index contributed by atoms with van der Waals surface area (Å²) >= 11 is 0. The fraction of sp³-hybridized carbons (Fsp3) is 0.611. The lowest BCUT2D eigenvalue weighted by Crippen LogP contribution is -2.45. The second-order valence-corrected chi connectivity index (χ2v) is 6.60. The molecule has 4 heteroatoms. The number of likely N-dealkylation sites (tertiary alicyclic amines) is 1. The van der Waals surface area contributed by atoms with Gasteiger partial charge in [-0.2, -0.15) is 0 Å². The Balaban J connectivity index is 0.00000242. The molecule has 1 heterocycles. The van der Waals surface area contributed by atoms with Crippen molar-refractivity contribution in [2.45, 2.75) is 52.1 Å². The van der Waals surface area contributed by atoms with Crippen LogP contribution in [0.15, 0.2) is 30.3 Å². The minimum absolute atomic E-state index is 0. The molecule has 0 bridgehead atoms. The molecule has 3 nitrogen and oxygen atoms in total. The molecule has 1 aromatic rings. The van der Waals surface area contributed by atoms with Crippen LogP contribution in [0.25, 0.3) is 0 Å². The largest absolute Gasteiger partial charge is 0.339 e. The summed E-state index contributed by atoms with van der Waals surface area (Å²) in [5.41, 5.74) is 7.35. The molecule has 4 unspecified atom stereocenters. The first-order valence-corrected chi connectivity index (χ1v) is 8.11. The molecular weight excluding hydrogens is 296 g/mol. The van der Waals surface area contributed by atoms with Crippen LogP contribution in [-0.4, -0.2) is 23.4 Å². The number of carbonyl (C=O) groups is 1. The first-order valence-electron chi connectivity index (χ1n) is 8.11. The summed E-state index contributed by atoms with van der Waals surface area (Å²) in [6, 6.07) is 10.0. The maximum absolute atomic E-state index is 12.9. The van der Waals surface area contributed by atoms with Crippen molar-refractivity contribution in [2.24, 2.45) is 17.6 Å². The second kappa shape index (κ2) is 8.54. The summed E-state index contributed by atoms with van der Waals surface area (Å²) < 4.78 is 0. The zero-order chi connectivity index (χ0) is 15.4. The van der Waals surface area contributed by atoms with Gasteiger partial charge < -0.3 is 10.6 Å². The minimum atomic E-state index is -0.232. The van der Waals surface area contributed by atoms with E-state index in [1.165, 1.54) is 12.8 Å². The van der Waals surface area contributed by atoms with Gasteiger partial charge in [-0.3, -0.25) is 4.79 Å². The average Bonchev–Trinajstić information content (AvgIpc) is 2.67. The van der Waals surface area contributed by atoms with E-state index in [1.54, 1.807) is 0 Å². The molecule has 1 saturated heterocycles. The number of carbonyl (C=O) groups excluding carboxylic acids is 1. The predicted molar refractivity (Wildman–Crippen MR) is 94.0 cm³/mol. The van der Waals surface area contributed by atoms with Gasteiger partial charge in [0, 0.05) is 18.6 Å². The van der Waals surface area contributed by atoms with Gasteiger partial charge in [-0.25, -0.2) is 0 Å². The SMILES string of the molecule is CC1CCCC(C)N(C(=O)C(C)C(N)c2ccccc2)C1.Cl. The number of nitrogens with two attached hydrogens (primary N) is 1. The summed E-state index contributed by atoms with van der Waals surface area (Å²) in [6.07, 6.45) is 3.53. The van der Waals surface area contributed by atoms with Gasteiger partial charge in [-0.05, 0) is 31.2 Å². The van der Waals surface area contributed by atoms with E-state index in [0.29, 0.717) is 12.0 Å².